The minimum Gasteiger partial charge on any atom is -0.490 e. The first-order chi connectivity index (χ1) is 13.1. The Morgan fingerprint density at radius 1 is 1.11 bits per heavy atom. The van der Waals surface area contributed by atoms with E-state index in [-0.39, 0.29) is 12.0 Å². The molecule has 0 bridgehead atoms. The van der Waals surface area contributed by atoms with Crippen molar-refractivity contribution >= 4 is 16.9 Å². The van der Waals surface area contributed by atoms with Crippen LogP contribution in [-0.2, 0) is 0 Å². The second-order valence-corrected chi connectivity index (χ2v) is 6.59. The van der Waals surface area contributed by atoms with Gasteiger partial charge in [-0.1, -0.05) is 0 Å². The molecule has 4 rings (SSSR count). The van der Waals surface area contributed by atoms with Gasteiger partial charge < -0.3 is 14.1 Å². The Labute approximate surface area is 155 Å². The molecule has 3 aromatic rings. The summed E-state index contributed by atoms with van der Waals surface area (Å²) in [6, 6.07) is 8.43. The molecule has 1 amide bonds. The van der Waals surface area contributed by atoms with Gasteiger partial charge >= 0.3 is 5.63 Å². The Hall–Kier alpha value is -3.22. The van der Waals surface area contributed by atoms with Gasteiger partial charge in [0, 0.05) is 50.0 Å². The number of benzene rings is 1. The molecule has 3 heterocycles. The van der Waals surface area contributed by atoms with Gasteiger partial charge in [-0.3, -0.25) is 14.8 Å². The van der Waals surface area contributed by atoms with Crippen molar-refractivity contribution in [2.24, 2.45) is 0 Å². The number of aryl methyl sites for hydroxylation is 1. The molecule has 0 aliphatic carbocycles. The third-order valence-electron chi connectivity index (χ3n) is 4.62. The lowest BCUT2D eigenvalue weighted by molar-refractivity contribution is 0.0594. The molecule has 7 nitrogen and oxygen atoms in total. The summed E-state index contributed by atoms with van der Waals surface area (Å²) in [5, 5.41) is 0. The van der Waals surface area contributed by atoms with E-state index < -0.39 is 5.63 Å². The minimum absolute atomic E-state index is 0.0165. The first kappa shape index (κ1) is 17.2. The maximum Gasteiger partial charge on any atom is 0.339 e. The van der Waals surface area contributed by atoms with Crippen LogP contribution in [0.4, 0.5) is 0 Å². The van der Waals surface area contributed by atoms with Crippen molar-refractivity contribution in [3.8, 4) is 5.75 Å². The summed E-state index contributed by atoms with van der Waals surface area (Å²) in [6.07, 6.45) is 4.63. The first-order valence-electron chi connectivity index (χ1n) is 8.87. The number of ether oxygens (including phenoxy) is 1. The van der Waals surface area contributed by atoms with Gasteiger partial charge in [-0.15, -0.1) is 0 Å². The van der Waals surface area contributed by atoms with Gasteiger partial charge in [0.2, 0.25) is 0 Å². The lowest BCUT2D eigenvalue weighted by atomic mass is 10.1. The zero-order valence-electron chi connectivity index (χ0n) is 14.9. The molecule has 0 atom stereocenters. The van der Waals surface area contributed by atoms with E-state index in [1.807, 2.05) is 11.0 Å². The minimum atomic E-state index is -0.419. The highest BCUT2D eigenvalue weighted by Crippen LogP contribution is 2.21. The van der Waals surface area contributed by atoms with Crippen molar-refractivity contribution in [1.82, 2.24) is 14.9 Å². The molecule has 0 radical (unpaired) electrons. The Bertz CT molecular complexity index is 1040. The van der Waals surface area contributed by atoms with Crippen LogP contribution in [0.2, 0.25) is 0 Å². The smallest absolute Gasteiger partial charge is 0.339 e. The van der Waals surface area contributed by atoms with E-state index in [1.165, 1.54) is 6.07 Å². The molecule has 1 saturated heterocycles. The standard InChI is InChI=1S/C20H19N3O4/c1-13-10-16(12-19(24)26-13)27-15-4-8-23(9-5-15)20(25)14-2-3-17-18(11-14)22-7-6-21-17/h2-3,6-7,10-12,15H,4-5,8-9H2,1H3. The van der Waals surface area contributed by atoms with Gasteiger partial charge in [0.1, 0.15) is 17.6 Å². The molecule has 0 unspecified atom stereocenters. The van der Waals surface area contributed by atoms with Gasteiger partial charge in [0.15, 0.2) is 0 Å². The van der Waals surface area contributed by atoms with E-state index in [0.717, 1.165) is 5.52 Å². The number of hydrogen-bond acceptors (Lipinski definition) is 6. The maximum atomic E-state index is 12.8. The van der Waals surface area contributed by atoms with E-state index in [1.54, 1.807) is 37.5 Å². The van der Waals surface area contributed by atoms with Crippen molar-refractivity contribution in [2.75, 3.05) is 13.1 Å². The average molecular weight is 365 g/mol. The summed E-state index contributed by atoms with van der Waals surface area (Å²) in [4.78, 5) is 34.5. The van der Waals surface area contributed by atoms with Crippen LogP contribution < -0.4 is 10.4 Å². The third-order valence-corrected chi connectivity index (χ3v) is 4.62. The normalized spacial score (nSPS) is 15.1. The zero-order valence-corrected chi connectivity index (χ0v) is 14.9. The van der Waals surface area contributed by atoms with Crippen LogP contribution in [-0.4, -0.2) is 40.0 Å². The monoisotopic (exact) mass is 365 g/mol. The second-order valence-electron chi connectivity index (χ2n) is 6.59. The van der Waals surface area contributed by atoms with Gasteiger partial charge in [-0.05, 0) is 25.1 Å². The van der Waals surface area contributed by atoms with Crippen LogP contribution in [0, 0.1) is 6.92 Å². The maximum absolute atomic E-state index is 12.8. The molecule has 1 aliphatic heterocycles. The zero-order chi connectivity index (χ0) is 18.8. The van der Waals surface area contributed by atoms with Gasteiger partial charge in [-0.25, -0.2) is 4.79 Å². The summed E-state index contributed by atoms with van der Waals surface area (Å²) in [5.41, 5.74) is 1.67. The van der Waals surface area contributed by atoms with E-state index in [4.69, 9.17) is 9.15 Å². The predicted octanol–water partition coefficient (Wildman–Crippen LogP) is 2.58. The number of carbonyl (C=O) groups excluding carboxylic acids is 1. The topological polar surface area (TPSA) is 85.5 Å². The van der Waals surface area contributed by atoms with Crippen LogP contribution in [0.1, 0.15) is 29.0 Å². The van der Waals surface area contributed by atoms with E-state index in [2.05, 4.69) is 9.97 Å². The molecular formula is C20H19N3O4. The van der Waals surface area contributed by atoms with Crippen molar-refractivity contribution in [2.45, 2.75) is 25.9 Å². The molecule has 0 spiro atoms. The van der Waals surface area contributed by atoms with E-state index in [0.29, 0.717) is 48.5 Å². The average Bonchev–Trinajstić information content (AvgIpc) is 2.67. The summed E-state index contributed by atoms with van der Waals surface area (Å²) in [5.74, 6) is 1.02. The van der Waals surface area contributed by atoms with Crippen LogP contribution in [0.25, 0.3) is 11.0 Å². The number of aromatic nitrogens is 2. The summed E-state index contributed by atoms with van der Waals surface area (Å²) < 4.78 is 10.8. The lowest BCUT2D eigenvalue weighted by Gasteiger charge is -2.32. The molecule has 27 heavy (non-hydrogen) atoms. The Balaban J connectivity index is 1.40. The SMILES string of the molecule is Cc1cc(OC2CCN(C(=O)c3ccc4nccnc4c3)CC2)cc(=O)o1. The molecule has 2 aromatic heterocycles. The molecule has 1 aromatic carbocycles. The van der Waals surface area contributed by atoms with Gasteiger partial charge in [0.05, 0.1) is 17.1 Å². The predicted molar refractivity (Wildman–Crippen MR) is 98.8 cm³/mol. The number of carbonyl (C=O) groups is 1. The fourth-order valence-corrected chi connectivity index (χ4v) is 3.29. The van der Waals surface area contributed by atoms with Gasteiger partial charge in [0.25, 0.3) is 5.91 Å². The molecule has 138 valence electrons. The summed E-state index contributed by atoms with van der Waals surface area (Å²) in [6.45, 7) is 2.91. The largest absolute Gasteiger partial charge is 0.490 e. The molecule has 1 fully saturated rings. The number of hydrogen-bond donors (Lipinski definition) is 0. The Morgan fingerprint density at radius 3 is 2.59 bits per heavy atom. The van der Waals surface area contributed by atoms with Crippen molar-refractivity contribution < 1.29 is 13.9 Å². The van der Waals surface area contributed by atoms with Crippen molar-refractivity contribution in [1.29, 1.82) is 0 Å². The molecule has 7 heteroatoms. The highest BCUT2D eigenvalue weighted by atomic mass is 16.5. The van der Waals surface area contributed by atoms with Crippen LogP contribution in [0.5, 0.6) is 5.75 Å². The van der Waals surface area contributed by atoms with Crippen LogP contribution in [0.15, 0.2) is 51.9 Å². The van der Waals surface area contributed by atoms with Crippen LogP contribution in [0.3, 0.4) is 0 Å². The highest BCUT2D eigenvalue weighted by molar-refractivity contribution is 5.97. The number of fused-ring (bicyclic) bond motifs is 1. The second kappa shape index (κ2) is 7.19. The van der Waals surface area contributed by atoms with E-state index in [9.17, 15) is 9.59 Å². The highest BCUT2D eigenvalue weighted by Gasteiger charge is 2.25. The molecule has 1 aliphatic rings. The van der Waals surface area contributed by atoms with Crippen molar-refractivity contribution in [3.05, 3.63) is 64.5 Å². The fourth-order valence-electron chi connectivity index (χ4n) is 3.29. The van der Waals surface area contributed by atoms with Crippen molar-refractivity contribution in [3.63, 3.8) is 0 Å². The number of piperidine rings is 1. The summed E-state index contributed by atoms with van der Waals surface area (Å²) >= 11 is 0. The van der Waals surface area contributed by atoms with Crippen LogP contribution >= 0.6 is 0 Å². The number of rotatable bonds is 3. The number of likely N-dealkylation sites (tertiary alicyclic amines) is 1. The Kier molecular flexibility index (Phi) is 4.58. The lowest BCUT2D eigenvalue weighted by Crippen LogP contribution is -2.41. The molecule has 0 N–H and O–H groups in total. The number of amides is 1. The summed E-state index contributed by atoms with van der Waals surface area (Å²) in [7, 11) is 0. The number of nitrogens with zero attached hydrogens (tertiary/aromatic N) is 3. The third kappa shape index (κ3) is 3.81. The molecular weight excluding hydrogens is 346 g/mol. The van der Waals surface area contributed by atoms with E-state index >= 15 is 0 Å². The fraction of sp³-hybridized carbons (Fsp3) is 0.300. The Morgan fingerprint density at radius 2 is 1.85 bits per heavy atom. The molecule has 0 saturated carbocycles. The first-order valence-corrected chi connectivity index (χ1v) is 8.87. The quantitative estimate of drug-likeness (QED) is 0.709. The van der Waals surface area contributed by atoms with Gasteiger partial charge in [-0.2, -0.15) is 0 Å².